The molecule has 0 aromatic heterocycles. The van der Waals surface area contributed by atoms with Gasteiger partial charge in [-0.2, -0.15) is 0 Å². The Bertz CT molecular complexity index is 342. The highest BCUT2D eigenvalue weighted by atomic mass is 16.5. The van der Waals surface area contributed by atoms with Gasteiger partial charge in [0.25, 0.3) is 0 Å². The molecule has 0 amide bonds. The Morgan fingerprint density at radius 3 is 2.80 bits per heavy atom. The van der Waals surface area contributed by atoms with Crippen molar-refractivity contribution in [3.8, 4) is 0 Å². The van der Waals surface area contributed by atoms with E-state index in [0.29, 0.717) is 23.6 Å². The molecular weight excluding hydrogens is 248 g/mol. The lowest BCUT2D eigenvalue weighted by Gasteiger charge is -2.60. The molecule has 2 saturated heterocycles. The molecule has 0 radical (unpaired) electrons. The van der Waals surface area contributed by atoms with Crippen molar-refractivity contribution >= 4 is 0 Å². The van der Waals surface area contributed by atoms with Gasteiger partial charge < -0.3 is 15.0 Å². The molecule has 2 heterocycles. The molecule has 3 aliphatic rings. The minimum absolute atomic E-state index is 0.321. The highest BCUT2D eigenvalue weighted by Gasteiger charge is 2.57. The van der Waals surface area contributed by atoms with Gasteiger partial charge in [-0.15, -0.1) is 0 Å². The lowest BCUT2D eigenvalue weighted by Crippen LogP contribution is -2.69. The molecule has 0 aromatic rings. The second-order valence-electron chi connectivity index (χ2n) is 8.05. The highest BCUT2D eigenvalue weighted by molar-refractivity contribution is 5.10. The van der Waals surface area contributed by atoms with E-state index >= 15 is 0 Å². The minimum atomic E-state index is 0.321. The van der Waals surface area contributed by atoms with Crippen molar-refractivity contribution in [3.05, 3.63) is 0 Å². The van der Waals surface area contributed by atoms with Crippen molar-refractivity contribution in [2.45, 2.75) is 65.1 Å². The summed E-state index contributed by atoms with van der Waals surface area (Å²) in [6.07, 6.45) is 4.47. The summed E-state index contributed by atoms with van der Waals surface area (Å²) in [6.45, 7) is 14.1. The Morgan fingerprint density at radius 1 is 1.30 bits per heavy atom. The Kier molecular flexibility index (Phi) is 4.13. The Labute approximate surface area is 124 Å². The number of likely N-dealkylation sites (tertiary alicyclic amines) is 1. The lowest BCUT2D eigenvalue weighted by atomic mass is 9.55. The van der Waals surface area contributed by atoms with E-state index in [9.17, 15) is 0 Å². The maximum Gasteiger partial charge on any atom is 0.0684 e. The van der Waals surface area contributed by atoms with Crippen molar-refractivity contribution in [3.63, 3.8) is 0 Å². The van der Waals surface area contributed by atoms with Crippen LogP contribution in [0.25, 0.3) is 0 Å². The number of hydrogen-bond donors (Lipinski definition) is 1. The monoisotopic (exact) mass is 280 g/mol. The first-order valence-electron chi connectivity index (χ1n) is 8.59. The second-order valence-corrected chi connectivity index (χ2v) is 8.05. The summed E-state index contributed by atoms with van der Waals surface area (Å²) in [5, 5.41) is 3.90. The molecule has 3 heteroatoms. The molecule has 116 valence electrons. The maximum atomic E-state index is 5.99. The Morgan fingerprint density at radius 2 is 2.10 bits per heavy atom. The smallest absolute Gasteiger partial charge is 0.0684 e. The van der Waals surface area contributed by atoms with E-state index in [1.54, 1.807) is 0 Å². The third-order valence-corrected chi connectivity index (χ3v) is 6.01. The molecule has 20 heavy (non-hydrogen) atoms. The van der Waals surface area contributed by atoms with Crippen molar-refractivity contribution in [2.24, 2.45) is 17.3 Å². The normalized spacial score (nSPS) is 40.6. The zero-order valence-electron chi connectivity index (χ0n) is 13.7. The molecule has 1 aliphatic carbocycles. The van der Waals surface area contributed by atoms with Gasteiger partial charge in [-0.25, -0.2) is 0 Å². The van der Waals surface area contributed by atoms with Gasteiger partial charge in [-0.1, -0.05) is 13.8 Å². The quantitative estimate of drug-likeness (QED) is 0.856. The molecule has 0 aromatic carbocycles. The van der Waals surface area contributed by atoms with Crippen molar-refractivity contribution in [1.29, 1.82) is 0 Å². The van der Waals surface area contributed by atoms with Crippen molar-refractivity contribution in [1.82, 2.24) is 10.2 Å². The van der Waals surface area contributed by atoms with Crippen LogP contribution >= 0.6 is 0 Å². The van der Waals surface area contributed by atoms with Crippen LogP contribution in [0.1, 0.15) is 47.0 Å². The minimum Gasteiger partial charge on any atom is -0.377 e. The zero-order chi connectivity index (χ0) is 14.3. The molecule has 1 saturated carbocycles. The first-order valence-corrected chi connectivity index (χ1v) is 8.59. The highest BCUT2D eigenvalue weighted by Crippen LogP contribution is 2.51. The first kappa shape index (κ1) is 14.8. The number of rotatable bonds is 4. The molecular formula is C17H32N2O. The number of ether oxygens (including phenoxy) is 1. The topological polar surface area (TPSA) is 24.5 Å². The van der Waals surface area contributed by atoms with Crippen LogP contribution in [-0.4, -0.2) is 49.3 Å². The van der Waals surface area contributed by atoms with Crippen LogP contribution in [0, 0.1) is 17.3 Å². The summed E-state index contributed by atoms with van der Waals surface area (Å²) < 4.78 is 5.99. The van der Waals surface area contributed by atoms with Gasteiger partial charge in [0.1, 0.15) is 0 Å². The van der Waals surface area contributed by atoms with Gasteiger partial charge >= 0.3 is 0 Å². The van der Waals surface area contributed by atoms with Crippen molar-refractivity contribution in [2.75, 3.05) is 26.2 Å². The summed E-state index contributed by atoms with van der Waals surface area (Å²) in [6, 6.07) is 1.37. The van der Waals surface area contributed by atoms with E-state index in [2.05, 4.69) is 37.9 Å². The SMILES string of the molecule is CC(C)N1CCC(CNC2C3CCCOC3C2(C)C)C1. The third-order valence-electron chi connectivity index (χ3n) is 6.01. The predicted molar refractivity (Wildman–Crippen MR) is 82.9 cm³/mol. The summed E-state index contributed by atoms with van der Waals surface area (Å²) in [5.74, 6) is 1.61. The van der Waals surface area contributed by atoms with E-state index in [1.807, 2.05) is 0 Å². The average molecular weight is 280 g/mol. The fraction of sp³-hybridized carbons (Fsp3) is 1.00. The summed E-state index contributed by atoms with van der Waals surface area (Å²) in [4.78, 5) is 2.62. The number of nitrogens with zero attached hydrogens (tertiary/aromatic N) is 1. The molecule has 3 nitrogen and oxygen atoms in total. The van der Waals surface area contributed by atoms with E-state index in [-0.39, 0.29) is 0 Å². The van der Waals surface area contributed by atoms with Crippen LogP contribution in [-0.2, 0) is 4.74 Å². The Balaban J connectivity index is 1.49. The fourth-order valence-electron chi connectivity index (χ4n) is 4.73. The van der Waals surface area contributed by atoms with Gasteiger partial charge in [0, 0.05) is 36.6 Å². The largest absolute Gasteiger partial charge is 0.377 e. The molecule has 4 unspecified atom stereocenters. The summed E-state index contributed by atoms with van der Waals surface area (Å²) in [5.41, 5.74) is 0.321. The van der Waals surface area contributed by atoms with E-state index < -0.39 is 0 Å². The van der Waals surface area contributed by atoms with Gasteiger partial charge in [0.05, 0.1) is 6.10 Å². The van der Waals surface area contributed by atoms with Crippen LogP contribution in [0.5, 0.6) is 0 Å². The molecule has 2 aliphatic heterocycles. The summed E-state index contributed by atoms with van der Waals surface area (Å²) >= 11 is 0. The summed E-state index contributed by atoms with van der Waals surface area (Å²) in [7, 11) is 0. The lowest BCUT2D eigenvalue weighted by molar-refractivity contribution is -0.192. The maximum absolute atomic E-state index is 5.99. The zero-order valence-corrected chi connectivity index (χ0v) is 13.7. The van der Waals surface area contributed by atoms with E-state index in [4.69, 9.17) is 4.74 Å². The average Bonchev–Trinajstić information content (AvgIpc) is 2.88. The molecule has 3 rings (SSSR count). The molecule has 1 N–H and O–H groups in total. The molecule has 0 spiro atoms. The van der Waals surface area contributed by atoms with Crippen LogP contribution in [0.4, 0.5) is 0 Å². The fourth-order valence-corrected chi connectivity index (χ4v) is 4.73. The molecule has 4 atom stereocenters. The number of hydrogen-bond acceptors (Lipinski definition) is 3. The van der Waals surface area contributed by atoms with Gasteiger partial charge in [0.15, 0.2) is 0 Å². The Hall–Kier alpha value is -0.120. The third kappa shape index (κ3) is 2.53. The van der Waals surface area contributed by atoms with Gasteiger partial charge in [-0.05, 0) is 52.1 Å². The van der Waals surface area contributed by atoms with Crippen LogP contribution < -0.4 is 5.32 Å². The van der Waals surface area contributed by atoms with Crippen LogP contribution in [0.15, 0.2) is 0 Å². The molecule has 0 bridgehead atoms. The van der Waals surface area contributed by atoms with Gasteiger partial charge in [-0.3, -0.25) is 0 Å². The number of fused-ring (bicyclic) bond motifs is 1. The second kappa shape index (κ2) is 5.58. The van der Waals surface area contributed by atoms with Crippen LogP contribution in [0.2, 0.25) is 0 Å². The number of nitrogens with one attached hydrogen (secondary N) is 1. The van der Waals surface area contributed by atoms with Crippen molar-refractivity contribution < 1.29 is 4.74 Å². The molecule has 3 fully saturated rings. The van der Waals surface area contributed by atoms with Gasteiger partial charge in [0.2, 0.25) is 0 Å². The standard InChI is InChI=1S/C17H32N2O/c1-12(2)19-8-7-13(11-19)10-18-15-14-6-5-9-20-16(14)17(15,3)4/h12-16,18H,5-11H2,1-4H3. The van der Waals surface area contributed by atoms with Crippen LogP contribution in [0.3, 0.4) is 0 Å². The van der Waals surface area contributed by atoms with E-state index in [0.717, 1.165) is 18.4 Å². The van der Waals surface area contributed by atoms with E-state index in [1.165, 1.54) is 38.9 Å². The first-order chi connectivity index (χ1) is 9.50. The predicted octanol–water partition coefficient (Wildman–Crippen LogP) is 2.51.